The van der Waals surface area contributed by atoms with Gasteiger partial charge in [0.2, 0.25) is 0 Å². The number of nitrogens with one attached hydrogen (secondary N) is 2. The third kappa shape index (κ3) is 3.74. The average molecular weight is 317 g/mol. The molecule has 0 amide bonds. The van der Waals surface area contributed by atoms with Crippen LogP contribution >= 0.6 is 0 Å². The molecule has 0 radical (unpaired) electrons. The van der Waals surface area contributed by atoms with E-state index in [2.05, 4.69) is 22.7 Å². The summed E-state index contributed by atoms with van der Waals surface area (Å²) in [4.78, 5) is 13.7. The molecule has 2 saturated heterocycles. The minimum Gasteiger partial charge on any atom is -0.478 e. The maximum absolute atomic E-state index is 11.3. The van der Waals surface area contributed by atoms with E-state index in [4.69, 9.17) is 0 Å². The second-order valence-corrected chi connectivity index (χ2v) is 6.80. The van der Waals surface area contributed by atoms with Gasteiger partial charge in [0.15, 0.2) is 0 Å². The maximum atomic E-state index is 11.3. The smallest absolute Gasteiger partial charge is 0.336 e. The maximum Gasteiger partial charge on any atom is 0.336 e. The molecule has 5 nitrogen and oxygen atoms in total. The van der Waals surface area contributed by atoms with E-state index in [-0.39, 0.29) is 0 Å². The molecule has 0 saturated carbocycles. The lowest BCUT2D eigenvalue weighted by atomic mass is 9.82. The van der Waals surface area contributed by atoms with Crippen molar-refractivity contribution in [2.24, 2.45) is 11.8 Å². The van der Waals surface area contributed by atoms with Crippen molar-refractivity contribution in [2.75, 3.05) is 19.6 Å². The second-order valence-electron chi connectivity index (χ2n) is 6.80. The van der Waals surface area contributed by atoms with Crippen LogP contribution in [0.25, 0.3) is 0 Å². The van der Waals surface area contributed by atoms with Crippen LogP contribution in [0, 0.1) is 11.8 Å². The van der Waals surface area contributed by atoms with E-state index in [0.29, 0.717) is 11.6 Å². The Morgan fingerprint density at radius 1 is 1.30 bits per heavy atom. The second kappa shape index (κ2) is 7.43. The number of likely N-dealkylation sites (tertiary alicyclic amines) is 1. The van der Waals surface area contributed by atoms with Gasteiger partial charge in [0.05, 0.1) is 5.56 Å². The largest absolute Gasteiger partial charge is 0.478 e. The van der Waals surface area contributed by atoms with Gasteiger partial charge in [-0.25, -0.2) is 4.79 Å². The lowest BCUT2D eigenvalue weighted by Crippen LogP contribution is -2.44. The van der Waals surface area contributed by atoms with Crippen LogP contribution in [0.15, 0.2) is 24.3 Å². The highest BCUT2D eigenvalue weighted by Crippen LogP contribution is 2.28. The van der Waals surface area contributed by atoms with Gasteiger partial charge in [-0.15, -0.1) is 0 Å². The molecule has 2 heterocycles. The number of hydrazine groups is 1. The minimum atomic E-state index is -0.831. The van der Waals surface area contributed by atoms with Gasteiger partial charge >= 0.3 is 5.97 Å². The van der Waals surface area contributed by atoms with Gasteiger partial charge in [-0.1, -0.05) is 31.5 Å². The van der Waals surface area contributed by atoms with E-state index in [1.54, 1.807) is 12.1 Å². The molecule has 0 bridgehead atoms. The molecule has 3 N–H and O–H groups in total. The third-order valence-electron chi connectivity index (χ3n) is 5.45. The van der Waals surface area contributed by atoms with Crippen molar-refractivity contribution in [1.29, 1.82) is 0 Å². The Balaban J connectivity index is 1.56. The molecule has 1 aromatic carbocycles. The summed E-state index contributed by atoms with van der Waals surface area (Å²) in [5.74, 6) is 0.628. The van der Waals surface area contributed by atoms with Crippen molar-refractivity contribution in [3.8, 4) is 0 Å². The van der Waals surface area contributed by atoms with Crippen molar-refractivity contribution in [3.63, 3.8) is 0 Å². The van der Waals surface area contributed by atoms with Crippen LogP contribution in [0.5, 0.6) is 0 Å². The Morgan fingerprint density at radius 3 is 2.74 bits per heavy atom. The first-order valence-corrected chi connectivity index (χ1v) is 8.71. The van der Waals surface area contributed by atoms with Crippen molar-refractivity contribution in [1.82, 2.24) is 15.8 Å². The lowest BCUT2D eigenvalue weighted by molar-refractivity contribution is 0.0693. The quantitative estimate of drug-likeness (QED) is 0.776. The Morgan fingerprint density at radius 2 is 2.04 bits per heavy atom. The Labute approximate surface area is 138 Å². The SMILES string of the molecule is CCC1CNNC1C1CCN(Cc2ccccc2C(=O)O)CC1. The third-order valence-corrected chi connectivity index (χ3v) is 5.45. The molecule has 2 aliphatic rings. The van der Waals surface area contributed by atoms with Gasteiger partial charge in [0, 0.05) is 19.1 Å². The van der Waals surface area contributed by atoms with E-state index < -0.39 is 5.97 Å². The molecule has 0 aliphatic carbocycles. The first-order chi connectivity index (χ1) is 11.2. The highest BCUT2D eigenvalue weighted by molar-refractivity contribution is 5.89. The Hall–Kier alpha value is -1.43. The summed E-state index contributed by atoms with van der Waals surface area (Å²) in [5, 5.41) is 9.30. The molecular formula is C18H27N3O2. The number of carbonyl (C=O) groups is 1. The molecule has 0 aromatic heterocycles. The van der Waals surface area contributed by atoms with Crippen LogP contribution in [0.4, 0.5) is 0 Å². The summed E-state index contributed by atoms with van der Waals surface area (Å²) in [6.45, 7) is 6.18. The summed E-state index contributed by atoms with van der Waals surface area (Å²) < 4.78 is 0. The monoisotopic (exact) mass is 317 g/mol. The predicted molar refractivity (Wildman–Crippen MR) is 90.1 cm³/mol. The fourth-order valence-electron chi connectivity index (χ4n) is 4.03. The molecule has 126 valence electrons. The van der Waals surface area contributed by atoms with E-state index >= 15 is 0 Å². The van der Waals surface area contributed by atoms with Crippen LogP contribution < -0.4 is 10.9 Å². The first-order valence-electron chi connectivity index (χ1n) is 8.71. The number of rotatable bonds is 5. The number of piperidine rings is 1. The van der Waals surface area contributed by atoms with Crippen LogP contribution in [0.2, 0.25) is 0 Å². The van der Waals surface area contributed by atoms with Crippen molar-refractivity contribution in [2.45, 2.75) is 38.8 Å². The van der Waals surface area contributed by atoms with Gasteiger partial charge in [-0.3, -0.25) is 15.8 Å². The topological polar surface area (TPSA) is 64.6 Å². The highest BCUT2D eigenvalue weighted by Gasteiger charge is 2.34. The van der Waals surface area contributed by atoms with E-state index in [1.165, 1.54) is 19.3 Å². The summed E-state index contributed by atoms with van der Waals surface area (Å²) in [5.41, 5.74) is 8.14. The number of carboxylic acids is 1. The van der Waals surface area contributed by atoms with Gasteiger partial charge in [0.25, 0.3) is 0 Å². The summed E-state index contributed by atoms with van der Waals surface area (Å²) >= 11 is 0. The lowest BCUT2D eigenvalue weighted by Gasteiger charge is -2.36. The zero-order valence-corrected chi connectivity index (χ0v) is 13.8. The molecule has 0 spiro atoms. The fourth-order valence-corrected chi connectivity index (χ4v) is 4.03. The number of hydrogen-bond acceptors (Lipinski definition) is 4. The molecule has 23 heavy (non-hydrogen) atoms. The standard InChI is InChI=1S/C18H27N3O2/c1-2-13-11-19-20-17(13)14-7-9-21(10-8-14)12-15-5-3-4-6-16(15)18(22)23/h3-6,13-14,17,19-20H,2,7-12H2,1H3,(H,22,23). The number of aromatic carboxylic acids is 1. The van der Waals surface area contributed by atoms with Crippen molar-refractivity contribution < 1.29 is 9.90 Å². The molecule has 2 fully saturated rings. The number of hydrogen-bond donors (Lipinski definition) is 3. The van der Waals surface area contributed by atoms with Gasteiger partial charge in [0.1, 0.15) is 0 Å². The molecule has 3 rings (SSSR count). The first kappa shape index (κ1) is 16.4. The van der Waals surface area contributed by atoms with Crippen molar-refractivity contribution in [3.05, 3.63) is 35.4 Å². The minimum absolute atomic E-state index is 0.433. The molecule has 2 unspecified atom stereocenters. The number of carboxylic acid groups (broad SMARTS) is 1. The van der Waals surface area contributed by atoms with Crippen LogP contribution in [-0.4, -0.2) is 41.7 Å². The predicted octanol–water partition coefficient (Wildman–Crippen LogP) is 2.10. The van der Waals surface area contributed by atoms with Crippen molar-refractivity contribution >= 4 is 5.97 Å². The van der Waals surface area contributed by atoms with Gasteiger partial charge in [-0.2, -0.15) is 0 Å². The van der Waals surface area contributed by atoms with Crippen LogP contribution in [-0.2, 0) is 6.54 Å². The normalized spacial score (nSPS) is 26.5. The highest BCUT2D eigenvalue weighted by atomic mass is 16.4. The van der Waals surface area contributed by atoms with E-state index in [9.17, 15) is 9.90 Å². The van der Waals surface area contributed by atoms with Crippen LogP contribution in [0.1, 0.15) is 42.1 Å². The van der Waals surface area contributed by atoms with Crippen LogP contribution in [0.3, 0.4) is 0 Å². The van der Waals surface area contributed by atoms with E-state index in [1.807, 2.05) is 12.1 Å². The summed E-state index contributed by atoms with van der Waals surface area (Å²) in [6.07, 6.45) is 3.59. The average Bonchev–Trinajstić information content (AvgIpc) is 3.04. The fraction of sp³-hybridized carbons (Fsp3) is 0.611. The Bertz CT molecular complexity index is 541. The zero-order chi connectivity index (χ0) is 16.2. The van der Waals surface area contributed by atoms with Gasteiger partial charge in [-0.05, 0) is 49.4 Å². The Kier molecular flexibility index (Phi) is 5.30. The molecular weight excluding hydrogens is 290 g/mol. The zero-order valence-electron chi connectivity index (χ0n) is 13.8. The van der Waals surface area contributed by atoms with Gasteiger partial charge < -0.3 is 5.11 Å². The van der Waals surface area contributed by atoms with E-state index in [0.717, 1.165) is 43.6 Å². The molecule has 2 aliphatic heterocycles. The molecule has 5 heteroatoms. The molecule has 1 aromatic rings. The molecule has 2 atom stereocenters. The number of benzene rings is 1. The summed E-state index contributed by atoms with van der Waals surface area (Å²) in [6, 6.07) is 7.95. The summed E-state index contributed by atoms with van der Waals surface area (Å²) in [7, 11) is 0. The number of nitrogens with zero attached hydrogens (tertiary/aromatic N) is 1.